The normalized spacial score (nSPS) is 14.2. The van der Waals surface area contributed by atoms with E-state index in [4.69, 9.17) is 4.74 Å². The molecule has 13 heteroatoms. The molecule has 9 nitrogen and oxygen atoms in total. The van der Waals surface area contributed by atoms with Crippen molar-refractivity contribution in [3.8, 4) is 28.6 Å². The van der Waals surface area contributed by atoms with Crippen LogP contribution in [0.4, 0.5) is 23.7 Å². The van der Waals surface area contributed by atoms with Gasteiger partial charge in [-0.3, -0.25) is 0 Å². The number of halogens is 3. The Kier molecular flexibility index (Phi) is 10.5. The van der Waals surface area contributed by atoms with E-state index in [1.807, 2.05) is 36.4 Å². The van der Waals surface area contributed by atoms with Crippen molar-refractivity contribution in [2.45, 2.75) is 45.4 Å². The second-order valence-corrected chi connectivity index (χ2v) is 12.0. The zero-order valence-corrected chi connectivity index (χ0v) is 26.6. The van der Waals surface area contributed by atoms with Crippen molar-refractivity contribution >= 4 is 28.6 Å². The first kappa shape index (κ1) is 32.9. The van der Waals surface area contributed by atoms with E-state index in [1.54, 1.807) is 18.9 Å². The first-order chi connectivity index (χ1) is 22.1. The first-order valence-corrected chi connectivity index (χ1v) is 15.9. The van der Waals surface area contributed by atoms with Crippen molar-refractivity contribution < 1.29 is 27.4 Å². The highest BCUT2D eigenvalue weighted by atomic mass is 32.2. The van der Waals surface area contributed by atoms with Gasteiger partial charge in [0.1, 0.15) is 17.8 Å². The van der Waals surface area contributed by atoms with Gasteiger partial charge in [-0.1, -0.05) is 55.9 Å². The fourth-order valence-electron chi connectivity index (χ4n) is 5.01. The van der Waals surface area contributed by atoms with E-state index in [-0.39, 0.29) is 11.8 Å². The van der Waals surface area contributed by atoms with Gasteiger partial charge in [0.2, 0.25) is 0 Å². The van der Waals surface area contributed by atoms with Gasteiger partial charge in [-0.05, 0) is 66.6 Å². The lowest BCUT2D eigenvalue weighted by Crippen LogP contribution is -2.28. The molecule has 1 aliphatic heterocycles. The number of urea groups is 1. The second kappa shape index (κ2) is 14.7. The average molecular weight is 653 g/mol. The number of ether oxygens (including phenoxy) is 2. The number of nitrogens with one attached hydrogen (secondary N) is 1. The Hall–Kier alpha value is -4.52. The minimum Gasteiger partial charge on any atom is -0.497 e. The van der Waals surface area contributed by atoms with Crippen LogP contribution in [0.15, 0.2) is 78.0 Å². The van der Waals surface area contributed by atoms with Gasteiger partial charge in [0.15, 0.2) is 11.0 Å². The number of rotatable bonds is 11. The van der Waals surface area contributed by atoms with Crippen LogP contribution in [0.2, 0.25) is 0 Å². The van der Waals surface area contributed by atoms with Crippen molar-refractivity contribution in [1.29, 1.82) is 0 Å². The molecule has 3 aromatic carbocycles. The lowest BCUT2D eigenvalue weighted by atomic mass is 10.00. The number of aryl methyl sites for hydroxylation is 1. The quantitative estimate of drug-likeness (QED) is 0.167. The maximum atomic E-state index is 12.7. The summed E-state index contributed by atoms with van der Waals surface area (Å²) >= 11 is 1.58. The number of alkyl halides is 3. The van der Waals surface area contributed by atoms with Gasteiger partial charge in [-0.15, -0.1) is 18.3 Å². The van der Waals surface area contributed by atoms with Crippen LogP contribution in [0.5, 0.6) is 11.5 Å². The number of nitrogens with zero attached hydrogens (tertiary/aromatic N) is 5. The van der Waals surface area contributed by atoms with Crippen LogP contribution < -0.4 is 19.7 Å². The molecule has 1 aliphatic rings. The summed E-state index contributed by atoms with van der Waals surface area (Å²) in [5.74, 6) is 2.14. The molecule has 0 saturated carbocycles. The summed E-state index contributed by atoms with van der Waals surface area (Å²) in [6.07, 6.45) is -0.697. The Labute approximate surface area is 269 Å². The van der Waals surface area contributed by atoms with Crippen molar-refractivity contribution in [3.05, 3.63) is 84.2 Å². The van der Waals surface area contributed by atoms with Gasteiger partial charge >= 0.3 is 12.4 Å². The summed E-state index contributed by atoms with van der Waals surface area (Å²) in [6.45, 7) is 5.60. The van der Waals surface area contributed by atoms with E-state index in [0.717, 1.165) is 54.1 Å². The summed E-state index contributed by atoms with van der Waals surface area (Å²) in [5.41, 5.74) is 4.72. The summed E-state index contributed by atoms with van der Waals surface area (Å²) < 4.78 is 48.1. The van der Waals surface area contributed by atoms with Gasteiger partial charge in [0.05, 0.1) is 12.8 Å². The van der Waals surface area contributed by atoms with Crippen molar-refractivity contribution in [1.82, 2.24) is 20.1 Å². The van der Waals surface area contributed by atoms with Crippen LogP contribution in [-0.2, 0) is 6.42 Å². The van der Waals surface area contributed by atoms with Crippen LogP contribution >= 0.6 is 11.8 Å². The Morgan fingerprint density at radius 3 is 2.48 bits per heavy atom. The van der Waals surface area contributed by atoms with Gasteiger partial charge in [-0.2, -0.15) is 4.99 Å². The van der Waals surface area contributed by atoms with Crippen LogP contribution in [0.3, 0.4) is 0 Å². The number of aliphatic imine (C=N–C) groups is 1. The predicted octanol–water partition coefficient (Wildman–Crippen LogP) is 7.61. The molecule has 46 heavy (non-hydrogen) atoms. The van der Waals surface area contributed by atoms with E-state index < -0.39 is 6.36 Å². The van der Waals surface area contributed by atoms with E-state index in [0.29, 0.717) is 29.1 Å². The third kappa shape index (κ3) is 8.59. The van der Waals surface area contributed by atoms with Crippen molar-refractivity contribution in [2.75, 3.05) is 30.9 Å². The number of methoxy groups -OCH3 is 1. The van der Waals surface area contributed by atoms with Gasteiger partial charge in [0.25, 0.3) is 0 Å². The summed E-state index contributed by atoms with van der Waals surface area (Å²) in [6, 6.07) is 19.0. The standard InChI is InChI=1S/C33H35F3N6O3S/c1-22(2)28-16-15-27(44-3)20-29(28)41-18-19-46-32(41)39-31(43)37-17-5-4-6-23-7-9-24(10-8-23)30-38-21-42(40-30)25-11-13-26(14-12-25)45-33(34,35)36/h7-16,20-22H,4-6,17-19H2,1-3H3,(H,37,43). The minimum atomic E-state index is -4.74. The van der Waals surface area contributed by atoms with E-state index in [9.17, 15) is 18.0 Å². The number of thioether (sulfide) groups is 1. The number of benzene rings is 3. The molecule has 2 heterocycles. The lowest BCUT2D eigenvalue weighted by molar-refractivity contribution is -0.274. The molecule has 1 saturated heterocycles. The molecular formula is C33H35F3N6O3S. The highest BCUT2D eigenvalue weighted by Gasteiger charge is 2.31. The molecule has 0 aliphatic carbocycles. The Balaban J connectivity index is 1.08. The molecule has 0 atom stereocenters. The SMILES string of the molecule is COc1ccc(C(C)C)c(N2CCSC2=NC(=O)NCCCCc2ccc(-c3ncn(-c4ccc(OC(F)(F)F)cc4)n3)cc2)c1. The summed E-state index contributed by atoms with van der Waals surface area (Å²) in [4.78, 5) is 23.5. The van der Waals surface area contributed by atoms with Crippen LogP contribution in [0, 0.1) is 0 Å². The summed E-state index contributed by atoms with van der Waals surface area (Å²) in [5, 5.41) is 8.06. The number of unbranched alkanes of at least 4 members (excludes halogenated alkanes) is 1. The number of carbonyl (C=O) groups is 1. The second-order valence-electron chi connectivity index (χ2n) is 10.9. The van der Waals surface area contributed by atoms with Gasteiger partial charge in [-0.25, -0.2) is 14.5 Å². The molecule has 1 aromatic heterocycles. The molecule has 1 N–H and O–H groups in total. The van der Waals surface area contributed by atoms with Crippen LogP contribution in [0.25, 0.3) is 17.1 Å². The number of carbonyl (C=O) groups excluding carboxylic acids is 1. The first-order valence-electron chi connectivity index (χ1n) is 14.9. The zero-order valence-electron chi connectivity index (χ0n) is 25.8. The molecule has 1 fully saturated rings. The molecule has 0 unspecified atom stereocenters. The maximum Gasteiger partial charge on any atom is 0.573 e. The third-order valence-electron chi connectivity index (χ3n) is 7.33. The van der Waals surface area contributed by atoms with E-state index >= 15 is 0 Å². The van der Waals surface area contributed by atoms with Crippen molar-refractivity contribution in [2.24, 2.45) is 4.99 Å². The van der Waals surface area contributed by atoms with Crippen LogP contribution in [0.1, 0.15) is 43.7 Å². The molecule has 242 valence electrons. The average Bonchev–Trinajstić information content (AvgIpc) is 3.71. The van der Waals surface area contributed by atoms with Crippen LogP contribution in [-0.4, -0.2) is 58.3 Å². The number of amidine groups is 1. The Bertz CT molecular complexity index is 1660. The number of hydrogen-bond acceptors (Lipinski definition) is 6. The maximum absolute atomic E-state index is 12.7. The largest absolute Gasteiger partial charge is 0.573 e. The van der Waals surface area contributed by atoms with E-state index in [1.165, 1.54) is 40.8 Å². The summed E-state index contributed by atoms with van der Waals surface area (Å²) in [7, 11) is 1.65. The number of hydrogen-bond donors (Lipinski definition) is 1. The number of amides is 2. The molecule has 2 amide bonds. The Morgan fingerprint density at radius 2 is 1.78 bits per heavy atom. The van der Waals surface area contributed by atoms with Gasteiger partial charge in [0, 0.05) is 36.2 Å². The zero-order chi connectivity index (χ0) is 32.7. The lowest BCUT2D eigenvalue weighted by Gasteiger charge is -2.23. The number of aromatic nitrogens is 3. The Morgan fingerprint density at radius 1 is 1.04 bits per heavy atom. The molecular weight excluding hydrogens is 617 g/mol. The monoisotopic (exact) mass is 652 g/mol. The number of anilines is 1. The predicted molar refractivity (Wildman–Crippen MR) is 174 cm³/mol. The topological polar surface area (TPSA) is 93.9 Å². The molecule has 0 spiro atoms. The smallest absolute Gasteiger partial charge is 0.497 e. The molecule has 4 aromatic rings. The minimum absolute atomic E-state index is 0.302. The third-order valence-corrected chi connectivity index (χ3v) is 8.29. The van der Waals surface area contributed by atoms with Gasteiger partial charge < -0.3 is 19.7 Å². The van der Waals surface area contributed by atoms with Crippen molar-refractivity contribution in [3.63, 3.8) is 0 Å². The molecule has 0 radical (unpaired) electrons. The fraction of sp³-hybridized carbons (Fsp3) is 0.333. The highest BCUT2D eigenvalue weighted by Crippen LogP contribution is 2.35. The van der Waals surface area contributed by atoms with E-state index in [2.05, 4.69) is 49.9 Å². The molecule has 5 rings (SSSR count). The molecule has 0 bridgehead atoms. The highest BCUT2D eigenvalue weighted by molar-refractivity contribution is 8.14. The fourth-order valence-corrected chi connectivity index (χ4v) is 5.96.